The van der Waals surface area contributed by atoms with Crippen molar-refractivity contribution in [3.8, 4) is 11.5 Å². The van der Waals surface area contributed by atoms with Crippen LogP contribution in [-0.2, 0) is 5.41 Å². The van der Waals surface area contributed by atoms with E-state index in [1.807, 2.05) is 19.9 Å². The number of furan rings is 1. The molecule has 0 spiro atoms. The third-order valence-corrected chi connectivity index (χ3v) is 6.65. The van der Waals surface area contributed by atoms with Gasteiger partial charge < -0.3 is 29.2 Å². The maximum absolute atomic E-state index is 13.5. The Morgan fingerprint density at radius 1 is 1.00 bits per heavy atom. The third kappa shape index (κ3) is 4.63. The van der Waals surface area contributed by atoms with E-state index in [4.69, 9.17) is 19.0 Å². The zero-order valence-corrected chi connectivity index (χ0v) is 20.8. The molecule has 1 aliphatic rings. The van der Waals surface area contributed by atoms with E-state index in [1.54, 1.807) is 60.7 Å². The smallest absolute Gasteiger partial charge is 0.417 e. The van der Waals surface area contributed by atoms with Crippen molar-refractivity contribution in [3.05, 3.63) is 89.2 Å². The van der Waals surface area contributed by atoms with Crippen LogP contribution in [0.25, 0.3) is 11.0 Å². The molecule has 1 aliphatic carbocycles. The van der Waals surface area contributed by atoms with Gasteiger partial charge in [-0.1, -0.05) is 18.2 Å². The molecule has 5 rings (SSSR count). The molecule has 2 unspecified atom stereocenters. The zero-order chi connectivity index (χ0) is 27.0. The fraction of sp³-hybridized carbons (Fsp3) is 0.241. The van der Waals surface area contributed by atoms with Crippen LogP contribution in [0.2, 0.25) is 0 Å². The van der Waals surface area contributed by atoms with Gasteiger partial charge in [-0.05, 0) is 61.9 Å². The predicted octanol–water partition coefficient (Wildman–Crippen LogP) is 4.01. The molecule has 9 heteroatoms. The number of rotatable bonds is 7. The fourth-order valence-electron chi connectivity index (χ4n) is 4.58. The Bertz CT molecular complexity index is 1510. The predicted molar refractivity (Wildman–Crippen MR) is 139 cm³/mol. The molecule has 0 saturated heterocycles. The average Bonchev–Trinajstić information content (AvgIpc) is 3.30. The van der Waals surface area contributed by atoms with E-state index >= 15 is 0 Å². The van der Waals surface area contributed by atoms with Gasteiger partial charge in [0, 0.05) is 28.1 Å². The molecule has 2 atom stereocenters. The summed E-state index contributed by atoms with van der Waals surface area (Å²) in [7, 11) is 0. The summed E-state index contributed by atoms with van der Waals surface area (Å²) in [5.41, 5.74) is 1.92. The van der Waals surface area contributed by atoms with Gasteiger partial charge in [-0.25, -0.2) is 4.79 Å². The topological polar surface area (TPSA) is 138 Å². The average molecular weight is 518 g/mol. The van der Waals surface area contributed by atoms with Gasteiger partial charge >= 0.3 is 6.09 Å². The van der Waals surface area contributed by atoms with E-state index in [2.05, 4.69) is 5.32 Å². The molecule has 196 valence electrons. The molecule has 9 nitrogen and oxygen atoms in total. The molecule has 38 heavy (non-hydrogen) atoms. The van der Waals surface area contributed by atoms with Crippen LogP contribution in [-0.4, -0.2) is 52.6 Å². The van der Waals surface area contributed by atoms with Crippen LogP contribution in [0.3, 0.4) is 0 Å². The number of ketones is 1. The summed E-state index contributed by atoms with van der Waals surface area (Å²) >= 11 is 0. The normalized spacial score (nSPS) is 15.3. The molecule has 1 aromatic heterocycles. The first-order valence-electron chi connectivity index (χ1n) is 12.1. The van der Waals surface area contributed by atoms with Gasteiger partial charge in [0.15, 0.2) is 5.78 Å². The van der Waals surface area contributed by atoms with Gasteiger partial charge in [0.25, 0.3) is 0 Å². The summed E-state index contributed by atoms with van der Waals surface area (Å²) in [4.78, 5) is 25.9. The Hall–Kier alpha value is -4.18. The van der Waals surface area contributed by atoms with Gasteiger partial charge in [-0.3, -0.25) is 10.1 Å². The highest BCUT2D eigenvalue weighted by Gasteiger charge is 2.42. The van der Waals surface area contributed by atoms with Crippen LogP contribution < -0.4 is 14.8 Å². The number of para-hydroxylation sites is 1. The number of anilines is 1. The second-order valence-corrected chi connectivity index (χ2v) is 9.63. The minimum Gasteiger partial charge on any atom is -0.491 e. The molecular weight excluding hydrogens is 490 g/mol. The number of fused-ring (bicyclic) bond motifs is 4. The molecule has 0 bridgehead atoms. The van der Waals surface area contributed by atoms with E-state index < -0.39 is 30.3 Å². The number of ether oxygens (including phenoxy) is 2. The number of nitrogens with one attached hydrogen (secondary N) is 1. The summed E-state index contributed by atoms with van der Waals surface area (Å²) in [5.74, 6) is 0.933. The molecule has 0 fully saturated rings. The van der Waals surface area contributed by atoms with Gasteiger partial charge in [0.2, 0.25) is 0 Å². The maximum Gasteiger partial charge on any atom is 0.417 e. The van der Waals surface area contributed by atoms with E-state index in [-0.39, 0.29) is 18.1 Å². The molecule has 0 saturated carbocycles. The van der Waals surface area contributed by atoms with Crippen LogP contribution in [0.4, 0.5) is 10.5 Å². The molecule has 1 heterocycles. The number of benzene rings is 3. The number of carbonyl (C=O) groups excluding carboxylic acids is 2. The summed E-state index contributed by atoms with van der Waals surface area (Å²) in [6.07, 6.45) is -3.24. The molecule has 4 aromatic rings. The third-order valence-electron chi connectivity index (χ3n) is 6.65. The standard InChI is InChI=1S/C29H27NO8/c1-29(2)21-12-17(36-15-23(33)22(32)14-31)8-10-19(21)26(34)25-20-11-9-18(13-24(20)38-27(25)29)37-28(35)30-16-6-4-3-5-7-16/h3-13,22-23,31-33H,14-15H2,1-2H3,(H,30,35). The SMILES string of the molecule is CC1(C)c2cc(OCC(O)C(O)CO)ccc2C(=O)c2c1oc1cc(OC(=O)Nc3ccccc3)ccc21. The van der Waals surface area contributed by atoms with Crippen molar-refractivity contribution in [2.45, 2.75) is 31.5 Å². The monoisotopic (exact) mass is 517 g/mol. The van der Waals surface area contributed by atoms with Crippen LogP contribution >= 0.6 is 0 Å². The van der Waals surface area contributed by atoms with Gasteiger partial charge in [0.05, 0.1) is 12.2 Å². The largest absolute Gasteiger partial charge is 0.491 e. The first-order valence-corrected chi connectivity index (χ1v) is 12.1. The van der Waals surface area contributed by atoms with Crippen LogP contribution in [0.15, 0.2) is 71.1 Å². The van der Waals surface area contributed by atoms with Crippen molar-refractivity contribution in [1.82, 2.24) is 0 Å². The quantitative estimate of drug-likeness (QED) is 0.289. The molecule has 0 aliphatic heterocycles. The molecule has 3 aromatic carbocycles. The number of aliphatic hydroxyl groups is 3. The lowest BCUT2D eigenvalue weighted by Gasteiger charge is -2.31. The number of carbonyl (C=O) groups is 2. The van der Waals surface area contributed by atoms with E-state index in [0.29, 0.717) is 44.9 Å². The highest BCUT2D eigenvalue weighted by Crippen LogP contribution is 2.46. The van der Waals surface area contributed by atoms with Crippen molar-refractivity contribution >= 4 is 28.5 Å². The van der Waals surface area contributed by atoms with Crippen molar-refractivity contribution in [2.24, 2.45) is 0 Å². The van der Waals surface area contributed by atoms with Crippen molar-refractivity contribution < 1.29 is 38.8 Å². The minimum absolute atomic E-state index is 0.203. The lowest BCUT2D eigenvalue weighted by atomic mass is 9.71. The molecule has 4 N–H and O–H groups in total. The summed E-state index contributed by atoms with van der Waals surface area (Å²) in [6.45, 7) is 3.04. The molecule has 1 amide bonds. The van der Waals surface area contributed by atoms with Crippen molar-refractivity contribution in [1.29, 1.82) is 0 Å². The highest BCUT2D eigenvalue weighted by atomic mass is 16.6. The Morgan fingerprint density at radius 3 is 2.47 bits per heavy atom. The summed E-state index contributed by atoms with van der Waals surface area (Å²) in [6, 6.07) is 18.8. The second-order valence-electron chi connectivity index (χ2n) is 9.63. The van der Waals surface area contributed by atoms with Crippen LogP contribution in [0.5, 0.6) is 11.5 Å². The summed E-state index contributed by atoms with van der Waals surface area (Å²) in [5, 5.41) is 31.7. The van der Waals surface area contributed by atoms with Crippen LogP contribution in [0, 0.1) is 0 Å². The Kier molecular flexibility index (Phi) is 6.66. The zero-order valence-electron chi connectivity index (χ0n) is 20.8. The number of amides is 1. The van der Waals surface area contributed by atoms with Crippen molar-refractivity contribution in [3.63, 3.8) is 0 Å². The van der Waals surface area contributed by atoms with E-state index in [1.165, 1.54) is 0 Å². The first-order chi connectivity index (χ1) is 18.2. The molecular formula is C29H27NO8. The van der Waals surface area contributed by atoms with Gasteiger partial charge in [-0.2, -0.15) is 0 Å². The van der Waals surface area contributed by atoms with Gasteiger partial charge in [0.1, 0.15) is 41.7 Å². The number of aliphatic hydroxyl groups excluding tert-OH is 3. The van der Waals surface area contributed by atoms with E-state index in [9.17, 15) is 19.8 Å². The Labute approximate surface area is 218 Å². The lowest BCUT2D eigenvalue weighted by molar-refractivity contribution is -0.0339. The maximum atomic E-state index is 13.5. The highest BCUT2D eigenvalue weighted by molar-refractivity contribution is 6.19. The summed E-state index contributed by atoms with van der Waals surface area (Å²) < 4.78 is 17.2. The Morgan fingerprint density at radius 2 is 1.74 bits per heavy atom. The first kappa shape index (κ1) is 25.5. The lowest BCUT2D eigenvalue weighted by Crippen LogP contribution is -2.34. The second kappa shape index (κ2) is 9.94. The number of hydrogen-bond acceptors (Lipinski definition) is 8. The minimum atomic E-state index is -1.32. The molecule has 0 radical (unpaired) electrons. The van der Waals surface area contributed by atoms with Gasteiger partial charge in [-0.15, -0.1) is 0 Å². The van der Waals surface area contributed by atoms with Crippen molar-refractivity contribution in [2.75, 3.05) is 18.5 Å². The number of hydrogen-bond donors (Lipinski definition) is 4. The fourth-order valence-corrected chi connectivity index (χ4v) is 4.58. The van der Waals surface area contributed by atoms with Crippen LogP contribution in [0.1, 0.15) is 41.1 Å². The van der Waals surface area contributed by atoms with E-state index in [0.717, 1.165) is 0 Å². The Balaban J connectivity index is 1.42.